The molecule has 0 heterocycles. The zero-order valence-corrected chi connectivity index (χ0v) is 20.1. The number of carbonyl (C=O) groups is 4. The van der Waals surface area contributed by atoms with E-state index in [1.807, 2.05) is 13.0 Å². The summed E-state index contributed by atoms with van der Waals surface area (Å²) in [7, 11) is 0. The van der Waals surface area contributed by atoms with Crippen LogP contribution in [-0.2, 0) is 23.9 Å². The molecule has 0 radical (unpaired) electrons. The summed E-state index contributed by atoms with van der Waals surface area (Å²) in [6, 6.07) is 7.02. The third kappa shape index (κ3) is 9.23. The number of alkyl carbamates (subject to hydrolysis) is 1. The van der Waals surface area contributed by atoms with E-state index < -0.39 is 41.6 Å². The molecule has 1 aromatic carbocycles. The second kappa shape index (κ2) is 12.5. The zero-order valence-electron chi connectivity index (χ0n) is 20.1. The molecule has 0 aromatic heterocycles. The maximum Gasteiger partial charge on any atom is 0.408 e. The minimum absolute atomic E-state index is 0.0122. The molecular weight excluding hydrogens is 426 g/mol. The van der Waals surface area contributed by atoms with Gasteiger partial charge in [0.2, 0.25) is 5.91 Å². The van der Waals surface area contributed by atoms with Gasteiger partial charge in [0.15, 0.2) is 0 Å². The van der Waals surface area contributed by atoms with Gasteiger partial charge in [-0.1, -0.05) is 36.3 Å². The van der Waals surface area contributed by atoms with Crippen molar-refractivity contribution in [3.8, 4) is 12.5 Å². The molecule has 0 aliphatic rings. The van der Waals surface area contributed by atoms with E-state index in [0.29, 0.717) is 5.56 Å². The fourth-order valence-electron chi connectivity index (χ4n) is 2.90. The lowest BCUT2D eigenvalue weighted by molar-refractivity contribution is -0.143. The fourth-order valence-corrected chi connectivity index (χ4v) is 2.90. The van der Waals surface area contributed by atoms with Crippen LogP contribution < -0.4 is 10.6 Å². The van der Waals surface area contributed by atoms with Gasteiger partial charge in [0.25, 0.3) is 5.91 Å². The normalized spacial score (nSPS) is 12.5. The van der Waals surface area contributed by atoms with E-state index in [1.165, 1.54) is 6.92 Å². The van der Waals surface area contributed by atoms with Gasteiger partial charge >= 0.3 is 12.1 Å². The molecule has 9 heteroatoms. The molecule has 0 saturated heterocycles. The Balaban J connectivity index is 3.10. The Bertz CT molecular complexity index is 900. The number of hydrogen-bond acceptors (Lipinski definition) is 6. The van der Waals surface area contributed by atoms with Gasteiger partial charge in [-0.15, -0.1) is 0 Å². The van der Waals surface area contributed by atoms with Gasteiger partial charge in [0, 0.05) is 12.6 Å². The number of nitrogens with one attached hydrogen (secondary N) is 2. The first kappa shape index (κ1) is 27.5. The number of rotatable bonds is 9. The predicted octanol–water partition coefficient (Wildman–Crippen LogP) is 2.44. The average Bonchev–Trinajstić information content (AvgIpc) is 2.69. The van der Waals surface area contributed by atoms with E-state index in [0.717, 1.165) is 10.5 Å². The van der Waals surface area contributed by atoms with Crippen LogP contribution >= 0.6 is 0 Å². The summed E-state index contributed by atoms with van der Waals surface area (Å²) in [6.45, 7) is 10.3. The Labute approximate surface area is 195 Å². The smallest absolute Gasteiger partial charge is 0.408 e. The number of ether oxygens (including phenoxy) is 2. The Morgan fingerprint density at radius 1 is 1.21 bits per heavy atom. The molecule has 33 heavy (non-hydrogen) atoms. The second-order valence-electron chi connectivity index (χ2n) is 8.37. The third-order valence-electron chi connectivity index (χ3n) is 4.28. The van der Waals surface area contributed by atoms with Crippen LogP contribution in [0.3, 0.4) is 0 Å². The molecular formula is C24H33N3O6. The number of aryl methyl sites for hydroxylation is 1. The van der Waals surface area contributed by atoms with Crippen molar-refractivity contribution in [2.75, 3.05) is 13.2 Å². The van der Waals surface area contributed by atoms with Crippen LogP contribution in [0, 0.1) is 19.4 Å². The SMILES string of the molecule is C#CN(C(=O)C(C)NC(=O)OC(C)(C)C)C(C(=O)NCCC(=O)OCC)c1cccc(C)c1. The zero-order chi connectivity index (χ0) is 25.2. The molecule has 2 N–H and O–H groups in total. The first-order chi connectivity index (χ1) is 15.4. The minimum Gasteiger partial charge on any atom is -0.466 e. The molecule has 180 valence electrons. The van der Waals surface area contributed by atoms with E-state index in [-0.39, 0.29) is 19.6 Å². The quantitative estimate of drug-likeness (QED) is 0.333. The van der Waals surface area contributed by atoms with Gasteiger partial charge in [-0.05, 0) is 47.1 Å². The lowest BCUT2D eigenvalue weighted by Gasteiger charge is -2.29. The van der Waals surface area contributed by atoms with E-state index in [1.54, 1.807) is 45.9 Å². The van der Waals surface area contributed by atoms with Gasteiger partial charge in [0.05, 0.1) is 13.0 Å². The molecule has 3 amide bonds. The monoisotopic (exact) mass is 459 g/mol. The third-order valence-corrected chi connectivity index (χ3v) is 4.28. The Morgan fingerprint density at radius 3 is 2.42 bits per heavy atom. The van der Waals surface area contributed by atoms with Crippen molar-refractivity contribution in [1.82, 2.24) is 15.5 Å². The first-order valence-corrected chi connectivity index (χ1v) is 10.7. The Kier molecular flexibility index (Phi) is 10.4. The summed E-state index contributed by atoms with van der Waals surface area (Å²) < 4.78 is 10.0. The largest absolute Gasteiger partial charge is 0.466 e. The number of terminal acetylenes is 1. The van der Waals surface area contributed by atoms with Crippen molar-refractivity contribution in [2.45, 2.75) is 65.6 Å². The number of nitrogens with zero attached hydrogens (tertiary/aromatic N) is 1. The molecule has 0 aliphatic heterocycles. The van der Waals surface area contributed by atoms with Crippen LogP contribution in [0.15, 0.2) is 24.3 Å². The lowest BCUT2D eigenvalue weighted by Crippen LogP contribution is -2.50. The highest BCUT2D eigenvalue weighted by Gasteiger charge is 2.34. The van der Waals surface area contributed by atoms with Crippen molar-refractivity contribution in [1.29, 1.82) is 0 Å². The lowest BCUT2D eigenvalue weighted by atomic mass is 10.0. The van der Waals surface area contributed by atoms with Crippen LogP contribution in [0.1, 0.15) is 58.2 Å². The van der Waals surface area contributed by atoms with Gasteiger partial charge in [-0.2, -0.15) is 0 Å². The fraction of sp³-hybridized carbons (Fsp3) is 0.500. The van der Waals surface area contributed by atoms with E-state index in [9.17, 15) is 19.2 Å². The summed E-state index contributed by atoms with van der Waals surface area (Å²) >= 11 is 0. The maximum absolute atomic E-state index is 13.1. The molecule has 2 atom stereocenters. The molecule has 0 aliphatic carbocycles. The molecule has 0 spiro atoms. The van der Waals surface area contributed by atoms with Gasteiger partial charge in [-0.25, -0.2) is 4.79 Å². The van der Waals surface area contributed by atoms with Crippen molar-refractivity contribution >= 4 is 23.9 Å². The molecule has 1 aromatic rings. The minimum atomic E-state index is -1.17. The molecule has 0 fully saturated rings. The standard InChI is InChI=1S/C24H33N3O6/c1-8-27(22(30)17(4)26-23(31)33-24(5,6)7)20(18-12-10-11-16(3)15-18)21(29)25-14-13-19(28)32-9-2/h1,10-12,15,17,20H,9,13-14H2,2-7H3,(H,25,29)(H,26,31). The summed E-state index contributed by atoms with van der Waals surface area (Å²) in [4.78, 5) is 50.8. The van der Waals surface area contributed by atoms with E-state index in [4.69, 9.17) is 15.9 Å². The highest BCUT2D eigenvalue weighted by atomic mass is 16.6. The molecule has 0 bridgehead atoms. The Morgan fingerprint density at radius 2 is 1.88 bits per heavy atom. The van der Waals surface area contributed by atoms with E-state index in [2.05, 4.69) is 16.7 Å². The number of hydrogen-bond donors (Lipinski definition) is 2. The first-order valence-electron chi connectivity index (χ1n) is 10.7. The van der Waals surface area contributed by atoms with Crippen LogP contribution in [0.2, 0.25) is 0 Å². The molecule has 2 unspecified atom stereocenters. The average molecular weight is 460 g/mol. The predicted molar refractivity (Wildman–Crippen MR) is 123 cm³/mol. The summed E-state index contributed by atoms with van der Waals surface area (Å²) in [5, 5.41) is 5.07. The maximum atomic E-state index is 13.1. The van der Waals surface area contributed by atoms with Crippen LogP contribution in [0.4, 0.5) is 4.79 Å². The highest BCUT2D eigenvalue weighted by molar-refractivity contribution is 5.93. The van der Waals surface area contributed by atoms with Gasteiger partial charge < -0.3 is 20.1 Å². The van der Waals surface area contributed by atoms with Gasteiger partial charge in [-0.3, -0.25) is 19.3 Å². The number of amides is 3. The molecule has 1 rings (SSSR count). The topological polar surface area (TPSA) is 114 Å². The van der Waals surface area contributed by atoms with Crippen LogP contribution in [-0.4, -0.2) is 53.6 Å². The second-order valence-corrected chi connectivity index (χ2v) is 8.37. The van der Waals surface area contributed by atoms with Crippen LogP contribution in [0.5, 0.6) is 0 Å². The summed E-state index contributed by atoms with van der Waals surface area (Å²) in [6.07, 6.45) is 4.82. The van der Waals surface area contributed by atoms with Crippen molar-refractivity contribution < 1.29 is 28.7 Å². The van der Waals surface area contributed by atoms with E-state index >= 15 is 0 Å². The van der Waals surface area contributed by atoms with Gasteiger partial charge in [0.1, 0.15) is 17.7 Å². The molecule has 9 nitrogen and oxygen atoms in total. The Hall–Kier alpha value is -3.54. The van der Waals surface area contributed by atoms with Crippen LogP contribution in [0.25, 0.3) is 0 Å². The van der Waals surface area contributed by atoms with Crippen molar-refractivity contribution in [3.63, 3.8) is 0 Å². The summed E-state index contributed by atoms with van der Waals surface area (Å²) in [5.74, 6) is -1.69. The molecule has 0 saturated carbocycles. The highest BCUT2D eigenvalue weighted by Crippen LogP contribution is 2.23. The summed E-state index contributed by atoms with van der Waals surface area (Å²) in [5.41, 5.74) is 0.599. The van der Waals surface area contributed by atoms with Crippen molar-refractivity contribution in [2.24, 2.45) is 0 Å². The van der Waals surface area contributed by atoms with Crippen molar-refractivity contribution in [3.05, 3.63) is 35.4 Å². The number of esters is 1. The number of carbonyl (C=O) groups excluding carboxylic acids is 4. The number of benzene rings is 1.